The van der Waals surface area contributed by atoms with Gasteiger partial charge in [-0.05, 0) is 56.7 Å². The summed E-state index contributed by atoms with van der Waals surface area (Å²) in [5.74, 6) is -1.94. The molecule has 1 N–H and O–H groups in total. The van der Waals surface area contributed by atoms with Gasteiger partial charge in [0.05, 0.1) is 23.1 Å². The smallest absolute Gasteiger partial charge is 0.344 e. The van der Waals surface area contributed by atoms with Crippen LogP contribution in [0.15, 0.2) is 63.7 Å². The Hall–Kier alpha value is -3.56. The summed E-state index contributed by atoms with van der Waals surface area (Å²) in [6.45, 7) is 5.27. The van der Waals surface area contributed by atoms with Crippen molar-refractivity contribution in [2.45, 2.75) is 20.8 Å². The van der Waals surface area contributed by atoms with Gasteiger partial charge in [0, 0.05) is 5.56 Å². The number of ether oxygens (including phenoxy) is 3. The minimum atomic E-state index is -0.790. The van der Waals surface area contributed by atoms with E-state index in [1.54, 1.807) is 62.4 Å². The number of esters is 2. The van der Waals surface area contributed by atoms with E-state index in [9.17, 15) is 19.5 Å². The number of aliphatic hydroxyl groups is 1. The van der Waals surface area contributed by atoms with E-state index >= 15 is 0 Å². The van der Waals surface area contributed by atoms with E-state index in [4.69, 9.17) is 25.8 Å². The number of amides is 1. The predicted octanol–water partition coefficient (Wildman–Crippen LogP) is 5.29. The highest BCUT2D eigenvalue weighted by molar-refractivity contribution is 8.18. The van der Waals surface area contributed by atoms with Gasteiger partial charge < -0.3 is 19.3 Å². The fourth-order valence-corrected chi connectivity index (χ4v) is 4.32. The molecule has 0 saturated carbocycles. The molecule has 10 heteroatoms. The summed E-state index contributed by atoms with van der Waals surface area (Å²) in [6, 6.07) is 11.6. The van der Waals surface area contributed by atoms with Gasteiger partial charge in [0.25, 0.3) is 5.91 Å². The van der Waals surface area contributed by atoms with Crippen LogP contribution >= 0.6 is 23.4 Å². The normalized spacial score (nSPS) is 15.3. The zero-order chi connectivity index (χ0) is 26.2. The number of halogens is 1. The Morgan fingerprint density at radius 3 is 2.39 bits per heavy atom. The fraction of sp³-hybridized carbons (Fsp3) is 0.231. The molecule has 1 aliphatic rings. The summed E-state index contributed by atoms with van der Waals surface area (Å²) < 4.78 is 15.3. The Kier molecular flexibility index (Phi) is 9.32. The van der Waals surface area contributed by atoms with Crippen molar-refractivity contribution in [3.05, 3.63) is 80.4 Å². The molecule has 0 saturated heterocycles. The standard InChI is InChI=1S/C26H24ClNO7S/c1-4-33-21(29)14-35-19-11-8-16(12-18(19)27)13-20-23(30)22(26(32)34-5-2)25(36-20)28-24(31)17-9-6-15(3)7-10-17/h6-13,30H,4-5,14H2,1-3H3/b20-13-,28-25?. The summed E-state index contributed by atoms with van der Waals surface area (Å²) in [5.41, 5.74) is 1.72. The second kappa shape index (κ2) is 12.4. The number of hydrogen-bond donors (Lipinski definition) is 1. The number of rotatable bonds is 8. The van der Waals surface area contributed by atoms with Crippen LogP contribution in [-0.2, 0) is 19.1 Å². The molecule has 0 spiro atoms. The lowest BCUT2D eigenvalue weighted by molar-refractivity contribution is -0.145. The maximum atomic E-state index is 12.7. The molecule has 1 amide bonds. The molecule has 0 unspecified atom stereocenters. The average molecular weight is 530 g/mol. The molecule has 0 aliphatic carbocycles. The third kappa shape index (κ3) is 6.77. The number of aliphatic hydroxyl groups excluding tert-OH is 1. The molecule has 0 fully saturated rings. The van der Waals surface area contributed by atoms with Gasteiger partial charge in [-0.3, -0.25) is 4.79 Å². The molecule has 0 radical (unpaired) electrons. The summed E-state index contributed by atoms with van der Waals surface area (Å²) in [5, 5.41) is 11.1. The molecule has 0 atom stereocenters. The molecule has 2 aromatic rings. The molecule has 0 bridgehead atoms. The van der Waals surface area contributed by atoms with Crippen LogP contribution in [0.25, 0.3) is 6.08 Å². The summed E-state index contributed by atoms with van der Waals surface area (Å²) in [4.78, 5) is 41.1. The van der Waals surface area contributed by atoms with E-state index in [1.807, 2.05) is 6.92 Å². The van der Waals surface area contributed by atoms with Gasteiger partial charge in [-0.15, -0.1) is 0 Å². The van der Waals surface area contributed by atoms with Crippen LogP contribution in [0.3, 0.4) is 0 Å². The zero-order valence-electron chi connectivity index (χ0n) is 19.9. The van der Waals surface area contributed by atoms with Gasteiger partial charge >= 0.3 is 11.9 Å². The molecule has 0 aromatic heterocycles. The number of nitrogens with zero attached hydrogens (tertiary/aromatic N) is 1. The van der Waals surface area contributed by atoms with Gasteiger partial charge in [-0.2, -0.15) is 0 Å². The van der Waals surface area contributed by atoms with Crippen molar-refractivity contribution in [3.8, 4) is 5.75 Å². The number of carbonyl (C=O) groups is 3. The minimum absolute atomic E-state index is 0.0308. The lowest BCUT2D eigenvalue weighted by Gasteiger charge is -2.08. The van der Waals surface area contributed by atoms with E-state index in [0.717, 1.165) is 17.3 Å². The zero-order valence-corrected chi connectivity index (χ0v) is 21.4. The summed E-state index contributed by atoms with van der Waals surface area (Å²) >= 11 is 7.24. The Bertz CT molecular complexity index is 1270. The molecule has 36 heavy (non-hydrogen) atoms. The monoisotopic (exact) mass is 529 g/mol. The third-order valence-electron chi connectivity index (χ3n) is 4.78. The number of carbonyl (C=O) groups excluding carboxylic acids is 3. The van der Waals surface area contributed by atoms with Crippen molar-refractivity contribution in [1.82, 2.24) is 0 Å². The number of aliphatic imine (C=N–C) groups is 1. The van der Waals surface area contributed by atoms with Gasteiger partial charge in [-0.1, -0.05) is 47.1 Å². The summed E-state index contributed by atoms with van der Waals surface area (Å²) in [7, 11) is 0. The van der Waals surface area contributed by atoms with Gasteiger partial charge in [0.1, 0.15) is 22.1 Å². The van der Waals surface area contributed by atoms with E-state index in [1.165, 1.54) is 0 Å². The highest BCUT2D eigenvalue weighted by Gasteiger charge is 2.34. The maximum absolute atomic E-state index is 12.7. The first-order chi connectivity index (χ1) is 17.2. The maximum Gasteiger partial charge on any atom is 0.344 e. The predicted molar refractivity (Wildman–Crippen MR) is 138 cm³/mol. The quantitative estimate of drug-likeness (QED) is 0.459. The first-order valence-electron chi connectivity index (χ1n) is 11.0. The highest BCUT2D eigenvalue weighted by Crippen LogP contribution is 2.40. The number of hydrogen-bond acceptors (Lipinski definition) is 8. The second-order valence-corrected chi connectivity index (χ2v) is 8.86. The number of thioether (sulfide) groups is 1. The first kappa shape index (κ1) is 27.0. The van der Waals surface area contributed by atoms with Crippen molar-refractivity contribution in [1.29, 1.82) is 0 Å². The summed E-state index contributed by atoms with van der Waals surface area (Å²) in [6.07, 6.45) is 1.58. The molecule has 188 valence electrons. The van der Waals surface area contributed by atoms with Crippen LogP contribution in [0.5, 0.6) is 5.75 Å². The van der Waals surface area contributed by atoms with Crippen LogP contribution in [0.1, 0.15) is 35.3 Å². The van der Waals surface area contributed by atoms with Crippen molar-refractivity contribution >= 4 is 52.3 Å². The average Bonchev–Trinajstić information content (AvgIpc) is 3.13. The molecule has 1 aliphatic heterocycles. The molecule has 3 rings (SSSR count). The lowest BCUT2D eigenvalue weighted by Crippen LogP contribution is -2.14. The molecule has 8 nitrogen and oxygen atoms in total. The van der Waals surface area contributed by atoms with Crippen LogP contribution in [0.4, 0.5) is 0 Å². The lowest BCUT2D eigenvalue weighted by atomic mass is 10.1. The van der Waals surface area contributed by atoms with Crippen molar-refractivity contribution in [2.24, 2.45) is 4.99 Å². The molecular weight excluding hydrogens is 506 g/mol. The van der Waals surface area contributed by atoms with Crippen LogP contribution in [-0.4, -0.2) is 47.8 Å². The third-order valence-corrected chi connectivity index (χ3v) is 6.09. The van der Waals surface area contributed by atoms with Crippen molar-refractivity contribution in [3.63, 3.8) is 0 Å². The van der Waals surface area contributed by atoms with E-state index in [0.29, 0.717) is 11.1 Å². The molecular formula is C26H24ClNO7S. The van der Waals surface area contributed by atoms with E-state index in [-0.39, 0.29) is 51.9 Å². The minimum Gasteiger partial charge on any atom is -0.506 e. The van der Waals surface area contributed by atoms with Gasteiger partial charge in [0.15, 0.2) is 6.61 Å². The Morgan fingerprint density at radius 2 is 1.75 bits per heavy atom. The highest BCUT2D eigenvalue weighted by atomic mass is 35.5. The second-order valence-electron chi connectivity index (χ2n) is 7.43. The first-order valence-corrected chi connectivity index (χ1v) is 12.2. The molecule has 2 aromatic carbocycles. The van der Waals surface area contributed by atoms with Crippen molar-refractivity contribution < 1.29 is 33.7 Å². The fourth-order valence-electron chi connectivity index (χ4n) is 3.06. The van der Waals surface area contributed by atoms with Gasteiger partial charge in [0.2, 0.25) is 0 Å². The largest absolute Gasteiger partial charge is 0.506 e. The molecule has 1 heterocycles. The van der Waals surface area contributed by atoms with E-state index in [2.05, 4.69) is 4.99 Å². The Balaban J connectivity index is 1.89. The number of aryl methyl sites for hydroxylation is 1. The van der Waals surface area contributed by atoms with Crippen LogP contribution in [0.2, 0.25) is 5.02 Å². The topological polar surface area (TPSA) is 111 Å². The van der Waals surface area contributed by atoms with Crippen LogP contribution in [0, 0.1) is 6.92 Å². The SMILES string of the molecule is CCOC(=O)COc1ccc(/C=C2\SC(=NC(=O)c3ccc(C)cc3)C(C(=O)OCC)=C2O)cc1Cl. The number of benzene rings is 2. The Labute approximate surface area is 217 Å². The van der Waals surface area contributed by atoms with Crippen LogP contribution < -0.4 is 4.74 Å². The van der Waals surface area contributed by atoms with E-state index < -0.39 is 17.8 Å². The Morgan fingerprint density at radius 1 is 1.06 bits per heavy atom. The van der Waals surface area contributed by atoms with Gasteiger partial charge in [-0.25, -0.2) is 14.6 Å². The van der Waals surface area contributed by atoms with Crippen molar-refractivity contribution in [2.75, 3.05) is 19.8 Å².